The Morgan fingerprint density at radius 2 is 1.81 bits per heavy atom. The van der Waals surface area contributed by atoms with Gasteiger partial charge in [0.05, 0.1) is 0 Å². The average Bonchev–Trinajstić information content (AvgIpc) is 2.15. The summed E-state index contributed by atoms with van der Waals surface area (Å²) in [5.41, 5.74) is -1.14. The van der Waals surface area contributed by atoms with Gasteiger partial charge in [-0.15, -0.1) is 0 Å². The van der Waals surface area contributed by atoms with Crippen molar-refractivity contribution in [1.29, 1.82) is 0 Å². The summed E-state index contributed by atoms with van der Waals surface area (Å²) >= 11 is 0. The first-order valence-corrected chi connectivity index (χ1v) is 4.35. The Labute approximate surface area is 90.5 Å². The predicted molar refractivity (Wildman–Crippen MR) is 53.4 cm³/mol. The van der Waals surface area contributed by atoms with Crippen LogP contribution in [0.5, 0.6) is 0 Å². The second-order valence-electron chi connectivity index (χ2n) is 3.38. The van der Waals surface area contributed by atoms with Gasteiger partial charge in [0.25, 0.3) is 0 Å². The Hall–Kier alpha value is -1.28. The van der Waals surface area contributed by atoms with Gasteiger partial charge in [-0.1, -0.05) is 6.07 Å². The minimum atomic E-state index is -4.55. The van der Waals surface area contributed by atoms with Gasteiger partial charge in [-0.05, 0) is 6.07 Å². The van der Waals surface area contributed by atoms with Crippen LogP contribution >= 0.6 is 0 Å². The first-order valence-electron chi connectivity index (χ1n) is 4.35. The van der Waals surface area contributed by atoms with Crippen LogP contribution in [0.1, 0.15) is 5.69 Å². The normalized spacial score (nSPS) is 11.4. The van der Waals surface area contributed by atoms with E-state index in [-0.39, 0.29) is 11.3 Å². The highest BCUT2D eigenvalue weighted by Crippen LogP contribution is 2.28. The van der Waals surface area contributed by atoms with Gasteiger partial charge in [0, 0.05) is 19.6 Å². The Morgan fingerprint density at radius 3 is 2.19 bits per heavy atom. The first-order chi connectivity index (χ1) is 7.23. The first kappa shape index (κ1) is 12.8. The molecule has 8 heteroatoms. The molecule has 1 rings (SSSR count). The van der Waals surface area contributed by atoms with Crippen LogP contribution in [0.3, 0.4) is 0 Å². The van der Waals surface area contributed by atoms with Crippen molar-refractivity contribution >= 4 is 18.4 Å². The fourth-order valence-corrected chi connectivity index (χ4v) is 1.18. The number of halogens is 3. The van der Waals surface area contributed by atoms with Gasteiger partial charge in [-0.3, -0.25) is 0 Å². The largest absolute Gasteiger partial charge is 0.492 e. The van der Waals surface area contributed by atoms with E-state index in [2.05, 4.69) is 4.98 Å². The molecule has 1 heterocycles. The van der Waals surface area contributed by atoms with Crippen molar-refractivity contribution < 1.29 is 23.2 Å². The topological polar surface area (TPSA) is 56.6 Å². The molecule has 0 aliphatic carbocycles. The SMILES string of the molecule is CN(C)c1nc(C(F)(F)F)ccc1B(O)O. The van der Waals surface area contributed by atoms with E-state index in [1.54, 1.807) is 0 Å². The van der Waals surface area contributed by atoms with Crippen LogP contribution in [-0.4, -0.2) is 36.2 Å². The minimum absolute atomic E-state index is 0.0713. The molecular weight excluding hydrogens is 224 g/mol. The van der Waals surface area contributed by atoms with Crippen molar-refractivity contribution in [3.05, 3.63) is 17.8 Å². The van der Waals surface area contributed by atoms with Crippen molar-refractivity contribution in [2.24, 2.45) is 0 Å². The summed E-state index contributed by atoms with van der Waals surface area (Å²) in [5, 5.41) is 17.9. The van der Waals surface area contributed by atoms with Crippen molar-refractivity contribution in [2.75, 3.05) is 19.0 Å². The van der Waals surface area contributed by atoms with Crippen molar-refractivity contribution in [3.8, 4) is 0 Å². The Balaban J connectivity index is 3.29. The third kappa shape index (κ3) is 2.64. The summed E-state index contributed by atoms with van der Waals surface area (Å²) in [6.45, 7) is 0. The summed E-state index contributed by atoms with van der Waals surface area (Å²) in [4.78, 5) is 4.63. The van der Waals surface area contributed by atoms with Crippen molar-refractivity contribution in [3.63, 3.8) is 0 Å². The molecule has 0 aliphatic heterocycles. The molecule has 0 radical (unpaired) electrons. The highest BCUT2D eigenvalue weighted by atomic mass is 19.4. The lowest BCUT2D eigenvalue weighted by Crippen LogP contribution is -2.36. The van der Waals surface area contributed by atoms with Crippen molar-refractivity contribution in [2.45, 2.75) is 6.18 Å². The van der Waals surface area contributed by atoms with E-state index >= 15 is 0 Å². The molecule has 0 unspecified atom stereocenters. The number of hydrogen-bond donors (Lipinski definition) is 2. The summed E-state index contributed by atoms with van der Waals surface area (Å²) in [7, 11) is 1.08. The highest BCUT2D eigenvalue weighted by molar-refractivity contribution is 6.60. The van der Waals surface area contributed by atoms with Crippen LogP contribution in [0, 0.1) is 0 Å². The zero-order valence-corrected chi connectivity index (χ0v) is 8.65. The van der Waals surface area contributed by atoms with Crippen LogP contribution in [0.4, 0.5) is 19.0 Å². The maximum Gasteiger partial charge on any atom is 0.492 e. The Morgan fingerprint density at radius 1 is 1.25 bits per heavy atom. The van der Waals surface area contributed by atoms with E-state index in [1.807, 2.05) is 0 Å². The monoisotopic (exact) mass is 234 g/mol. The minimum Gasteiger partial charge on any atom is -0.423 e. The molecule has 0 spiro atoms. The smallest absolute Gasteiger partial charge is 0.423 e. The average molecular weight is 234 g/mol. The third-order valence-corrected chi connectivity index (χ3v) is 1.90. The number of alkyl halides is 3. The quantitative estimate of drug-likeness (QED) is 0.698. The highest BCUT2D eigenvalue weighted by Gasteiger charge is 2.34. The molecule has 0 bridgehead atoms. The van der Waals surface area contributed by atoms with E-state index in [4.69, 9.17) is 10.0 Å². The van der Waals surface area contributed by atoms with Gasteiger partial charge in [0.2, 0.25) is 0 Å². The molecule has 4 nitrogen and oxygen atoms in total. The summed E-state index contributed by atoms with van der Waals surface area (Å²) < 4.78 is 37.1. The van der Waals surface area contributed by atoms with Crippen molar-refractivity contribution in [1.82, 2.24) is 4.98 Å². The lowest BCUT2D eigenvalue weighted by atomic mass is 9.80. The molecule has 0 atom stereocenters. The maximum absolute atomic E-state index is 12.4. The van der Waals surface area contributed by atoms with Crippen LogP contribution in [0.25, 0.3) is 0 Å². The van der Waals surface area contributed by atoms with E-state index in [0.717, 1.165) is 6.07 Å². The third-order valence-electron chi connectivity index (χ3n) is 1.90. The van der Waals surface area contributed by atoms with Gasteiger partial charge in [-0.2, -0.15) is 13.2 Å². The van der Waals surface area contributed by atoms with Gasteiger partial charge in [0.1, 0.15) is 11.5 Å². The molecule has 1 aromatic rings. The van der Waals surface area contributed by atoms with Crippen LogP contribution < -0.4 is 10.4 Å². The fraction of sp³-hybridized carbons (Fsp3) is 0.375. The molecule has 0 saturated heterocycles. The second-order valence-corrected chi connectivity index (χ2v) is 3.38. The molecule has 2 N–H and O–H groups in total. The number of aromatic nitrogens is 1. The molecule has 88 valence electrons. The predicted octanol–water partition coefficient (Wildman–Crippen LogP) is -0.154. The van der Waals surface area contributed by atoms with Crippen LogP contribution in [0.15, 0.2) is 12.1 Å². The fourth-order valence-electron chi connectivity index (χ4n) is 1.18. The summed E-state index contributed by atoms with van der Waals surface area (Å²) in [6, 6.07) is 1.71. The molecule has 0 saturated carbocycles. The molecule has 16 heavy (non-hydrogen) atoms. The number of hydrogen-bond acceptors (Lipinski definition) is 4. The van der Waals surface area contributed by atoms with Gasteiger partial charge in [0.15, 0.2) is 0 Å². The molecule has 1 aromatic heterocycles. The number of pyridine rings is 1. The lowest BCUT2D eigenvalue weighted by molar-refractivity contribution is -0.141. The summed E-state index contributed by atoms with van der Waals surface area (Å²) in [6.07, 6.45) is -4.55. The maximum atomic E-state index is 12.4. The number of rotatable bonds is 2. The van der Waals surface area contributed by atoms with Gasteiger partial charge < -0.3 is 14.9 Å². The molecule has 0 fully saturated rings. The van der Waals surface area contributed by atoms with E-state index in [9.17, 15) is 13.2 Å². The van der Waals surface area contributed by atoms with Crippen LogP contribution in [-0.2, 0) is 6.18 Å². The number of anilines is 1. The number of nitrogens with zero attached hydrogens (tertiary/aromatic N) is 2. The zero-order valence-electron chi connectivity index (χ0n) is 8.65. The van der Waals surface area contributed by atoms with E-state index < -0.39 is 19.0 Å². The zero-order chi connectivity index (χ0) is 12.5. The van der Waals surface area contributed by atoms with E-state index in [1.165, 1.54) is 19.0 Å². The second kappa shape index (κ2) is 4.30. The molecular formula is C8H10BF3N2O2. The summed E-state index contributed by atoms with van der Waals surface area (Å²) in [5.74, 6) is -0.121. The Kier molecular flexibility index (Phi) is 3.44. The van der Waals surface area contributed by atoms with Gasteiger partial charge >= 0.3 is 13.3 Å². The lowest BCUT2D eigenvalue weighted by Gasteiger charge is -2.17. The van der Waals surface area contributed by atoms with Crippen LogP contribution in [0.2, 0.25) is 0 Å². The standard InChI is InChI=1S/C8H10BF3N2O2/c1-14(2)7-5(9(15)16)3-4-6(13-7)8(10,11)12/h3-4,15-16H,1-2H3. The molecule has 0 amide bonds. The van der Waals surface area contributed by atoms with E-state index in [0.29, 0.717) is 6.07 Å². The van der Waals surface area contributed by atoms with Gasteiger partial charge in [-0.25, -0.2) is 4.98 Å². The molecule has 0 aromatic carbocycles. The Bertz CT molecular complexity index is 382. The molecule has 0 aliphatic rings.